The first-order valence-electron chi connectivity index (χ1n) is 7.08. The summed E-state index contributed by atoms with van der Waals surface area (Å²) in [7, 11) is -3.97. The van der Waals surface area contributed by atoms with Crippen LogP contribution in [0, 0.1) is 0 Å². The maximum absolute atomic E-state index is 12.4. The number of carbonyl (C=O) groups excluding carboxylic acids is 1. The van der Waals surface area contributed by atoms with Gasteiger partial charge in [0.15, 0.2) is 0 Å². The Morgan fingerprint density at radius 2 is 1.79 bits per heavy atom. The smallest absolute Gasteiger partial charge is 0.242 e. The lowest BCUT2D eigenvalue weighted by molar-refractivity contribution is -0.122. The topological polar surface area (TPSA) is 75.3 Å². The Hall–Kier alpha value is -1.60. The molecule has 0 bridgehead atoms. The van der Waals surface area contributed by atoms with Gasteiger partial charge in [0, 0.05) is 11.6 Å². The van der Waals surface area contributed by atoms with E-state index in [1.54, 1.807) is 0 Å². The molecule has 0 saturated carbocycles. The maximum atomic E-state index is 12.4. The van der Waals surface area contributed by atoms with Crippen LogP contribution in [0.2, 0.25) is 10.0 Å². The van der Waals surface area contributed by atoms with Gasteiger partial charge in [-0.15, -0.1) is 0 Å². The van der Waals surface area contributed by atoms with Gasteiger partial charge >= 0.3 is 0 Å². The van der Waals surface area contributed by atoms with Crippen LogP contribution in [0.5, 0.6) is 0 Å². The molecule has 2 aromatic rings. The molecule has 0 aliphatic rings. The molecule has 128 valence electrons. The van der Waals surface area contributed by atoms with Crippen LogP contribution in [0.25, 0.3) is 0 Å². The summed E-state index contributed by atoms with van der Waals surface area (Å²) < 4.78 is 27.0. The zero-order valence-corrected chi connectivity index (χ0v) is 15.1. The van der Waals surface area contributed by atoms with E-state index in [1.807, 2.05) is 30.3 Å². The van der Waals surface area contributed by atoms with Gasteiger partial charge in [-0.25, -0.2) is 8.42 Å². The third kappa shape index (κ3) is 4.95. The molecule has 0 unspecified atom stereocenters. The highest BCUT2D eigenvalue weighted by atomic mass is 35.5. The van der Waals surface area contributed by atoms with Gasteiger partial charge in [0.2, 0.25) is 15.9 Å². The molecule has 2 rings (SSSR count). The fourth-order valence-corrected chi connectivity index (χ4v) is 3.94. The number of sulfonamides is 1. The molecule has 0 heterocycles. The van der Waals surface area contributed by atoms with Crippen molar-refractivity contribution in [1.29, 1.82) is 0 Å². The Kier molecular flexibility index (Phi) is 6.23. The van der Waals surface area contributed by atoms with Crippen LogP contribution in [0.4, 0.5) is 0 Å². The number of rotatable bonds is 6. The minimum absolute atomic E-state index is 0.0313. The predicted molar refractivity (Wildman–Crippen MR) is 94.5 cm³/mol. The number of carbonyl (C=O) groups is 1. The van der Waals surface area contributed by atoms with Crippen molar-refractivity contribution in [1.82, 2.24) is 10.0 Å². The average molecular weight is 387 g/mol. The number of hydrogen-bond acceptors (Lipinski definition) is 3. The van der Waals surface area contributed by atoms with Crippen LogP contribution in [0.3, 0.4) is 0 Å². The first-order chi connectivity index (χ1) is 11.3. The van der Waals surface area contributed by atoms with Gasteiger partial charge in [-0.2, -0.15) is 4.72 Å². The second-order valence-corrected chi connectivity index (χ2v) is 7.65. The molecule has 0 aromatic heterocycles. The van der Waals surface area contributed by atoms with Crippen LogP contribution in [-0.4, -0.2) is 20.4 Å². The predicted octanol–water partition coefficient (Wildman–Crippen LogP) is 2.98. The number of hydrogen-bond donors (Lipinski definition) is 2. The lowest BCUT2D eigenvalue weighted by Gasteiger charge is -2.15. The molecule has 1 atom stereocenters. The first-order valence-corrected chi connectivity index (χ1v) is 9.32. The van der Waals surface area contributed by atoms with E-state index < -0.39 is 22.0 Å². The molecule has 0 fully saturated rings. The third-order valence-corrected chi connectivity index (χ3v) is 5.47. The molecule has 0 aliphatic carbocycles. The van der Waals surface area contributed by atoms with Gasteiger partial charge in [-0.3, -0.25) is 4.79 Å². The van der Waals surface area contributed by atoms with E-state index in [4.69, 9.17) is 23.2 Å². The Morgan fingerprint density at radius 3 is 2.46 bits per heavy atom. The Labute approximate surface area is 151 Å². The van der Waals surface area contributed by atoms with Gasteiger partial charge in [-0.05, 0) is 30.7 Å². The second kappa shape index (κ2) is 7.98. The van der Waals surface area contributed by atoms with Gasteiger partial charge < -0.3 is 5.32 Å². The molecule has 2 aromatic carbocycles. The van der Waals surface area contributed by atoms with Gasteiger partial charge in [0.25, 0.3) is 0 Å². The average Bonchev–Trinajstić information content (AvgIpc) is 2.55. The highest BCUT2D eigenvalue weighted by molar-refractivity contribution is 7.89. The summed E-state index contributed by atoms with van der Waals surface area (Å²) in [6, 6.07) is 12.5. The number of nitrogens with one attached hydrogen (secondary N) is 2. The van der Waals surface area contributed by atoms with Gasteiger partial charge in [0.1, 0.15) is 4.90 Å². The monoisotopic (exact) mass is 386 g/mol. The molecule has 1 amide bonds. The van der Waals surface area contributed by atoms with Crippen LogP contribution < -0.4 is 10.0 Å². The highest BCUT2D eigenvalue weighted by Gasteiger charge is 2.24. The second-order valence-electron chi connectivity index (χ2n) is 5.12. The van der Waals surface area contributed by atoms with E-state index in [1.165, 1.54) is 25.1 Å². The van der Waals surface area contributed by atoms with Crippen molar-refractivity contribution in [3.05, 3.63) is 64.1 Å². The van der Waals surface area contributed by atoms with Crippen LogP contribution in [-0.2, 0) is 21.4 Å². The molecule has 0 aliphatic heterocycles. The van der Waals surface area contributed by atoms with Crippen molar-refractivity contribution in [2.24, 2.45) is 0 Å². The summed E-state index contributed by atoms with van der Waals surface area (Å²) in [5, 5.41) is 2.94. The Bertz CT molecular complexity index is 826. The van der Waals surface area contributed by atoms with Gasteiger partial charge in [-0.1, -0.05) is 53.5 Å². The summed E-state index contributed by atoms with van der Waals surface area (Å²) in [5.41, 5.74) is 0.916. The van der Waals surface area contributed by atoms with E-state index in [2.05, 4.69) is 10.0 Å². The van der Waals surface area contributed by atoms with E-state index in [0.29, 0.717) is 6.54 Å². The van der Waals surface area contributed by atoms with Gasteiger partial charge in [0.05, 0.1) is 11.1 Å². The lowest BCUT2D eigenvalue weighted by atomic mass is 10.2. The normalized spacial score (nSPS) is 12.6. The van der Waals surface area contributed by atoms with E-state index in [9.17, 15) is 13.2 Å². The van der Waals surface area contributed by atoms with Crippen LogP contribution >= 0.6 is 23.2 Å². The summed E-state index contributed by atoms with van der Waals surface area (Å²) in [5.74, 6) is -0.444. The molecule has 24 heavy (non-hydrogen) atoms. The summed E-state index contributed by atoms with van der Waals surface area (Å²) in [6.45, 7) is 1.76. The summed E-state index contributed by atoms with van der Waals surface area (Å²) in [6.07, 6.45) is 0. The Morgan fingerprint density at radius 1 is 1.12 bits per heavy atom. The lowest BCUT2D eigenvalue weighted by Crippen LogP contribution is -2.44. The first kappa shape index (κ1) is 18.7. The summed E-state index contributed by atoms with van der Waals surface area (Å²) in [4.78, 5) is 11.9. The number of amides is 1. The van der Waals surface area contributed by atoms with E-state index in [-0.39, 0.29) is 14.9 Å². The molecular weight excluding hydrogens is 371 g/mol. The summed E-state index contributed by atoms with van der Waals surface area (Å²) >= 11 is 11.7. The largest absolute Gasteiger partial charge is 0.351 e. The molecule has 0 radical (unpaired) electrons. The fourth-order valence-electron chi connectivity index (χ4n) is 1.97. The van der Waals surface area contributed by atoms with Crippen LogP contribution in [0.15, 0.2) is 53.4 Å². The standard InChI is InChI=1S/C16H16Cl2N2O3S/c1-11(16(21)19-10-12-5-3-2-4-6-12)20-24(22,23)15-9-13(17)7-8-14(15)18/h2-9,11,20H,10H2,1H3,(H,19,21)/t11-/m1/s1. The van der Waals surface area contributed by atoms with Crippen molar-refractivity contribution in [3.8, 4) is 0 Å². The molecule has 8 heteroatoms. The highest BCUT2D eigenvalue weighted by Crippen LogP contribution is 2.24. The minimum Gasteiger partial charge on any atom is -0.351 e. The molecule has 0 spiro atoms. The molecular formula is C16H16Cl2N2O3S. The fraction of sp³-hybridized carbons (Fsp3) is 0.188. The maximum Gasteiger partial charge on any atom is 0.242 e. The molecule has 2 N–H and O–H groups in total. The number of benzene rings is 2. The zero-order chi connectivity index (χ0) is 17.7. The van der Waals surface area contributed by atoms with Crippen molar-refractivity contribution in [2.45, 2.75) is 24.4 Å². The van der Waals surface area contributed by atoms with Crippen molar-refractivity contribution in [2.75, 3.05) is 0 Å². The Balaban J connectivity index is 2.03. The van der Waals surface area contributed by atoms with E-state index in [0.717, 1.165) is 5.56 Å². The SMILES string of the molecule is C[C@@H](NS(=O)(=O)c1cc(Cl)ccc1Cl)C(=O)NCc1ccccc1. The number of halogens is 2. The van der Waals surface area contributed by atoms with Crippen molar-refractivity contribution < 1.29 is 13.2 Å². The van der Waals surface area contributed by atoms with Crippen molar-refractivity contribution in [3.63, 3.8) is 0 Å². The van der Waals surface area contributed by atoms with Crippen molar-refractivity contribution >= 4 is 39.1 Å². The minimum atomic E-state index is -3.97. The van der Waals surface area contributed by atoms with Crippen LogP contribution in [0.1, 0.15) is 12.5 Å². The third-order valence-electron chi connectivity index (χ3n) is 3.22. The van der Waals surface area contributed by atoms with E-state index >= 15 is 0 Å². The quantitative estimate of drug-likeness (QED) is 0.800. The molecule has 0 saturated heterocycles. The zero-order valence-electron chi connectivity index (χ0n) is 12.8. The molecule has 5 nitrogen and oxygen atoms in total.